The minimum Gasteiger partial charge on any atom is -0.492 e. The minimum absolute atomic E-state index is 0.323. The van der Waals surface area contributed by atoms with Crippen LogP contribution in [0.2, 0.25) is 5.02 Å². The summed E-state index contributed by atoms with van der Waals surface area (Å²) in [4.78, 5) is 27.3. The van der Waals surface area contributed by atoms with Gasteiger partial charge in [0.1, 0.15) is 18.1 Å². The van der Waals surface area contributed by atoms with E-state index in [0.717, 1.165) is 22.2 Å². The predicted molar refractivity (Wildman–Crippen MR) is 128 cm³/mol. The van der Waals surface area contributed by atoms with Crippen molar-refractivity contribution >= 4 is 46.3 Å². The molecule has 5 nitrogen and oxygen atoms in total. The average molecular weight is 466 g/mol. The van der Waals surface area contributed by atoms with Crippen LogP contribution in [0.5, 0.6) is 11.5 Å². The van der Waals surface area contributed by atoms with Gasteiger partial charge in [0.05, 0.1) is 17.2 Å². The highest BCUT2D eigenvalue weighted by Gasteiger charge is 2.37. The van der Waals surface area contributed by atoms with Gasteiger partial charge in [-0.15, -0.1) is 0 Å². The quantitative estimate of drug-likeness (QED) is 0.370. The first kappa shape index (κ1) is 22.0. The standard InChI is InChI=1S/C25H20ClNO4S/c1-2-30-22-10-6-4-8-20(22)27-24(28)23(32-25(27)29)15-18-7-3-5-9-21(18)31-16-17-11-13-19(26)14-12-17/h3-15H,2,16H2,1H3/b23-15-. The molecule has 1 saturated heterocycles. The van der Waals surface area contributed by atoms with Crippen molar-refractivity contribution in [3.05, 3.63) is 93.9 Å². The molecule has 7 heteroatoms. The number of para-hydroxylation sites is 3. The molecule has 0 atom stereocenters. The third-order valence-electron chi connectivity index (χ3n) is 4.71. The number of benzene rings is 3. The second-order valence-electron chi connectivity index (χ2n) is 6.87. The maximum atomic E-state index is 13.1. The maximum Gasteiger partial charge on any atom is 0.298 e. The van der Waals surface area contributed by atoms with E-state index in [1.54, 1.807) is 30.3 Å². The molecule has 0 bridgehead atoms. The molecule has 0 radical (unpaired) electrons. The van der Waals surface area contributed by atoms with E-state index in [4.69, 9.17) is 21.1 Å². The van der Waals surface area contributed by atoms with Gasteiger partial charge in [-0.05, 0) is 60.7 Å². The highest BCUT2D eigenvalue weighted by Crippen LogP contribution is 2.40. The summed E-state index contributed by atoms with van der Waals surface area (Å²) in [6, 6.07) is 21.8. The first-order chi connectivity index (χ1) is 15.6. The Hall–Kier alpha value is -3.22. The fourth-order valence-electron chi connectivity index (χ4n) is 3.21. The zero-order valence-corrected chi connectivity index (χ0v) is 18.9. The molecule has 0 spiro atoms. The summed E-state index contributed by atoms with van der Waals surface area (Å²) in [6.07, 6.45) is 1.69. The summed E-state index contributed by atoms with van der Waals surface area (Å²) >= 11 is 6.83. The molecule has 0 saturated carbocycles. The normalized spacial score (nSPS) is 14.8. The average Bonchev–Trinajstić information content (AvgIpc) is 3.07. The van der Waals surface area contributed by atoms with Crippen LogP contribution in [0.15, 0.2) is 77.7 Å². The van der Waals surface area contributed by atoms with Crippen LogP contribution in [0, 0.1) is 0 Å². The molecule has 1 fully saturated rings. The van der Waals surface area contributed by atoms with Gasteiger partial charge >= 0.3 is 0 Å². The van der Waals surface area contributed by atoms with E-state index in [2.05, 4.69) is 0 Å². The van der Waals surface area contributed by atoms with Crippen LogP contribution >= 0.6 is 23.4 Å². The first-order valence-electron chi connectivity index (χ1n) is 10.0. The summed E-state index contributed by atoms with van der Waals surface area (Å²) in [6.45, 7) is 2.64. The Kier molecular flexibility index (Phi) is 6.83. The number of thioether (sulfide) groups is 1. The summed E-state index contributed by atoms with van der Waals surface area (Å²) in [7, 11) is 0. The van der Waals surface area contributed by atoms with Crippen LogP contribution in [-0.4, -0.2) is 17.8 Å². The molecule has 1 heterocycles. The Labute approximate surface area is 195 Å². The lowest BCUT2D eigenvalue weighted by Crippen LogP contribution is -2.28. The number of anilines is 1. The monoisotopic (exact) mass is 465 g/mol. The summed E-state index contributed by atoms with van der Waals surface area (Å²) in [5, 5.41) is 0.295. The van der Waals surface area contributed by atoms with Gasteiger partial charge in [-0.2, -0.15) is 0 Å². The Balaban J connectivity index is 1.58. The lowest BCUT2D eigenvalue weighted by atomic mass is 10.1. The molecule has 4 rings (SSSR count). The van der Waals surface area contributed by atoms with Crippen molar-refractivity contribution in [2.75, 3.05) is 11.5 Å². The van der Waals surface area contributed by atoms with Crippen molar-refractivity contribution in [2.24, 2.45) is 0 Å². The van der Waals surface area contributed by atoms with E-state index in [0.29, 0.717) is 45.9 Å². The largest absolute Gasteiger partial charge is 0.492 e. The van der Waals surface area contributed by atoms with E-state index in [-0.39, 0.29) is 11.1 Å². The molecule has 0 aromatic heterocycles. The molecular formula is C25H20ClNO4S. The van der Waals surface area contributed by atoms with E-state index in [1.165, 1.54) is 0 Å². The second-order valence-corrected chi connectivity index (χ2v) is 8.30. The van der Waals surface area contributed by atoms with Crippen molar-refractivity contribution in [2.45, 2.75) is 13.5 Å². The Morgan fingerprint density at radius 3 is 2.34 bits per heavy atom. The van der Waals surface area contributed by atoms with E-state index >= 15 is 0 Å². The number of imide groups is 1. The first-order valence-corrected chi connectivity index (χ1v) is 11.2. The molecule has 3 aromatic carbocycles. The summed E-state index contributed by atoms with van der Waals surface area (Å²) < 4.78 is 11.6. The number of halogens is 1. The SMILES string of the molecule is CCOc1ccccc1N1C(=O)S/C(=C\c2ccccc2OCc2ccc(Cl)cc2)C1=O. The molecule has 32 heavy (non-hydrogen) atoms. The predicted octanol–water partition coefficient (Wildman–Crippen LogP) is 6.56. The highest BCUT2D eigenvalue weighted by atomic mass is 35.5. The molecule has 162 valence electrons. The van der Waals surface area contributed by atoms with E-state index in [1.807, 2.05) is 55.5 Å². The van der Waals surface area contributed by atoms with Crippen LogP contribution in [-0.2, 0) is 11.4 Å². The van der Waals surface area contributed by atoms with Gasteiger partial charge in [0.25, 0.3) is 11.1 Å². The number of hydrogen-bond acceptors (Lipinski definition) is 5. The van der Waals surface area contributed by atoms with Gasteiger partial charge in [0.15, 0.2) is 0 Å². The van der Waals surface area contributed by atoms with Gasteiger partial charge in [0.2, 0.25) is 0 Å². The van der Waals surface area contributed by atoms with Crippen LogP contribution in [0.4, 0.5) is 10.5 Å². The van der Waals surface area contributed by atoms with Crippen LogP contribution in [0.1, 0.15) is 18.1 Å². The van der Waals surface area contributed by atoms with E-state index < -0.39 is 0 Å². The highest BCUT2D eigenvalue weighted by molar-refractivity contribution is 8.19. The number of carbonyl (C=O) groups excluding carboxylic acids is 2. The topological polar surface area (TPSA) is 55.8 Å². The molecule has 3 aromatic rings. The lowest BCUT2D eigenvalue weighted by molar-refractivity contribution is -0.113. The third-order valence-corrected chi connectivity index (χ3v) is 5.83. The number of carbonyl (C=O) groups is 2. The van der Waals surface area contributed by atoms with Crippen LogP contribution < -0.4 is 14.4 Å². The minimum atomic E-state index is -0.389. The maximum absolute atomic E-state index is 13.1. The van der Waals surface area contributed by atoms with Gasteiger partial charge in [-0.3, -0.25) is 9.59 Å². The van der Waals surface area contributed by atoms with Gasteiger partial charge in [-0.1, -0.05) is 54.1 Å². The molecule has 0 N–H and O–H groups in total. The zero-order valence-electron chi connectivity index (χ0n) is 17.3. The van der Waals surface area contributed by atoms with Gasteiger partial charge < -0.3 is 9.47 Å². The molecule has 1 aliphatic rings. The number of rotatable bonds is 7. The molecular weight excluding hydrogens is 446 g/mol. The summed E-state index contributed by atoms with van der Waals surface area (Å²) in [5.74, 6) is 0.717. The van der Waals surface area contributed by atoms with E-state index in [9.17, 15) is 9.59 Å². The molecule has 0 unspecified atom stereocenters. The molecule has 2 amide bonds. The fourth-order valence-corrected chi connectivity index (χ4v) is 4.16. The van der Waals surface area contributed by atoms with Crippen LogP contribution in [0.3, 0.4) is 0 Å². The molecule has 1 aliphatic heterocycles. The van der Waals surface area contributed by atoms with Crippen LogP contribution in [0.25, 0.3) is 6.08 Å². The number of amides is 2. The Morgan fingerprint density at radius 1 is 0.906 bits per heavy atom. The Bertz CT molecular complexity index is 1180. The fraction of sp³-hybridized carbons (Fsp3) is 0.120. The van der Waals surface area contributed by atoms with Gasteiger partial charge in [-0.25, -0.2) is 4.90 Å². The Morgan fingerprint density at radius 2 is 1.59 bits per heavy atom. The number of hydrogen-bond donors (Lipinski definition) is 0. The second kappa shape index (κ2) is 9.94. The number of nitrogens with zero attached hydrogens (tertiary/aromatic N) is 1. The lowest BCUT2D eigenvalue weighted by Gasteiger charge is -2.16. The van der Waals surface area contributed by atoms with Crippen molar-refractivity contribution in [1.29, 1.82) is 0 Å². The van der Waals surface area contributed by atoms with Gasteiger partial charge in [0, 0.05) is 10.6 Å². The smallest absolute Gasteiger partial charge is 0.298 e. The molecule has 0 aliphatic carbocycles. The zero-order chi connectivity index (χ0) is 22.5. The number of ether oxygens (including phenoxy) is 2. The van der Waals surface area contributed by atoms with Crippen molar-refractivity contribution in [3.63, 3.8) is 0 Å². The van der Waals surface area contributed by atoms with Crippen molar-refractivity contribution < 1.29 is 19.1 Å². The summed E-state index contributed by atoms with van der Waals surface area (Å²) in [5.41, 5.74) is 2.12. The van der Waals surface area contributed by atoms with Crippen molar-refractivity contribution in [1.82, 2.24) is 0 Å². The third kappa shape index (κ3) is 4.82. The van der Waals surface area contributed by atoms with Crippen molar-refractivity contribution in [3.8, 4) is 11.5 Å².